The number of para-hydroxylation sites is 1. The third kappa shape index (κ3) is 2.12. The topological polar surface area (TPSA) is 4.93 Å². The van der Waals surface area contributed by atoms with Crippen LogP contribution in [0, 0.1) is 0 Å². The van der Waals surface area contributed by atoms with E-state index in [4.69, 9.17) is 0 Å². The summed E-state index contributed by atoms with van der Waals surface area (Å²) in [6.45, 7) is 0. The first-order chi connectivity index (χ1) is 16.4. The van der Waals surface area contributed by atoms with Crippen molar-refractivity contribution in [2.24, 2.45) is 0 Å². The molecule has 7 aromatic rings. The minimum Gasteiger partial charge on any atom is -0.309 e. The van der Waals surface area contributed by atoms with Gasteiger partial charge < -0.3 is 4.57 Å². The lowest BCUT2D eigenvalue weighted by atomic mass is 9.92. The molecule has 0 bridgehead atoms. The molecule has 0 unspecified atom stereocenters. The van der Waals surface area contributed by atoms with Gasteiger partial charge in [0.25, 0.3) is 0 Å². The number of fused-ring (bicyclic) bond motifs is 5. The monoisotopic (exact) mass is 417 g/mol. The summed E-state index contributed by atoms with van der Waals surface area (Å²) in [6.07, 6.45) is 0. The molecule has 1 heteroatoms. The maximum absolute atomic E-state index is 2.47. The Morgan fingerprint density at radius 2 is 1.12 bits per heavy atom. The molecule has 6 aromatic carbocycles. The van der Waals surface area contributed by atoms with Crippen molar-refractivity contribution < 1.29 is 0 Å². The molecular formula is C32H19N. The fraction of sp³-hybridized carbons (Fsp3) is 0. The Labute approximate surface area is 191 Å². The summed E-state index contributed by atoms with van der Waals surface area (Å²) in [5, 5.41) is 7.94. The Hall–Kier alpha value is -4.36. The normalized spacial score (nSPS) is 12.2. The average Bonchev–Trinajstić information content (AvgIpc) is 3.18. The summed E-state index contributed by atoms with van der Waals surface area (Å²) < 4.78 is 2.47. The van der Waals surface area contributed by atoms with Gasteiger partial charge in [-0.1, -0.05) is 91.0 Å². The molecule has 1 aliphatic carbocycles. The van der Waals surface area contributed by atoms with Gasteiger partial charge >= 0.3 is 0 Å². The molecule has 0 amide bonds. The van der Waals surface area contributed by atoms with Gasteiger partial charge in [-0.05, 0) is 62.7 Å². The zero-order valence-corrected chi connectivity index (χ0v) is 17.9. The standard InChI is InChI=1S/C32H19N/c1-2-11-22(12-3-1)33-28-18-17-20-10-8-16-26-24-14-6-7-15-25(24)27-19-21-9-4-5-13-23(21)32(33)30(27)31(28)29(20)26/h1-19H. The zero-order chi connectivity index (χ0) is 21.5. The van der Waals surface area contributed by atoms with E-state index in [1.165, 1.54) is 71.3 Å². The Kier molecular flexibility index (Phi) is 3.19. The zero-order valence-electron chi connectivity index (χ0n) is 17.9. The van der Waals surface area contributed by atoms with E-state index in [-0.39, 0.29) is 0 Å². The number of benzene rings is 6. The van der Waals surface area contributed by atoms with Crippen LogP contribution < -0.4 is 0 Å². The molecule has 0 fully saturated rings. The van der Waals surface area contributed by atoms with Crippen LogP contribution in [0.15, 0.2) is 115 Å². The van der Waals surface area contributed by atoms with Gasteiger partial charge in [-0.15, -0.1) is 0 Å². The molecule has 0 spiro atoms. The lowest BCUT2D eigenvalue weighted by Gasteiger charge is -2.15. The molecule has 33 heavy (non-hydrogen) atoms. The highest BCUT2D eigenvalue weighted by molar-refractivity contribution is 6.34. The fourth-order valence-electron chi connectivity index (χ4n) is 5.98. The first-order valence-corrected chi connectivity index (χ1v) is 11.5. The third-order valence-corrected chi connectivity index (χ3v) is 7.28. The van der Waals surface area contributed by atoms with Crippen molar-refractivity contribution >= 4 is 43.4 Å². The van der Waals surface area contributed by atoms with Crippen molar-refractivity contribution in [2.45, 2.75) is 0 Å². The van der Waals surface area contributed by atoms with Crippen molar-refractivity contribution in [3.63, 3.8) is 0 Å². The molecular weight excluding hydrogens is 398 g/mol. The molecule has 0 radical (unpaired) electrons. The summed E-state index contributed by atoms with van der Waals surface area (Å²) >= 11 is 0. The van der Waals surface area contributed by atoms with E-state index >= 15 is 0 Å². The lowest BCUT2D eigenvalue weighted by molar-refractivity contribution is 1.19. The Morgan fingerprint density at radius 1 is 0.424 bits per heavy atom. The Balaban J connectivity index is 1.79. The van der Waals surface area contributed by atoms with Gasteiger partial charge in [-0.25, -0.2) is 0 Å². The van der Waals surface area contributed by atoms with Gasteiger partial charge in [0.1, 0.15) is 0 Å². The minimum absolute atomic E-state index is 1.20. The summed E-state index contributed by atoms with van der Waals surface area (Å²) in [5.41, 5.74) is 9.03. The van der Waals surface area contributed by atoms with Gasteiger partial charge in [-0.3, -0.25) is 0 Å². The third-order valence-electron chi connectivity index (χ3n) is 7.28. The molecule has 1 heterocycles. The summed E-state index contributed by atoms with van der Waals surface area (Å²) in [4.78, 5) is 0. The molecule has 152 valence electrons. The van der Waals surface area contributed by atoms with Crippen LogP contribution in [0.1, 0.15) is 0 Å². The number of hydrogen-bond acceptors (Lipinski definition) is 0. The van der Waals surface area contributed by atoms with Crippen molar-refractivity contribution in [3.05, 3.63) is 115 Å². The second kappa shape index (κ2) is 6.11. The van der Waals surface area contributed by atoms with Crippen LogP contribution in [0.4, 0.5) is 0 Å². The number of nitrogens with zero attached hydrogens (tertiary/aromatic N) is 1. The Bertz CT molecular complexity index is 1910. The molecule has 1 nitrogen and oxygen atoms in total. The quantitative estimate of drug-likeness (QED) is 0.252. The van der Waals surface area contributed by atoms with Gasteiger partial charge in [0.15, 0.2) is 0 Å². The van der Waals surface area contributed by atoms with E-state index in [0.717, 1.165) is 0 Å². The maximum atomic E-state index is 2.47. The van der Waals surface area contributed by atoms with E-state index in [9.17, 15) is 0 Å². The van der Waals surface area contributed by atoms with Crippen molar-refractivity contribution in [1.82, 2.24) is 4.57 Å². The highest BCUT2D eigenvalue weighted by Gasteiger charge is 2.25. The maximum Gasteiger partial charge on any atom is 0.0625 e. The second-order valence-electron chi connectivity index (χ2n) is 8.95. The number of aromatic nitrogens is 1. The smallest absolute Gasteiger partial charge is 0.0625 e. The summed E-state index contributed by atoms with van der Waals surface area (Å²) in [6, 6.07) is 42.2. The van der Waals surface area contributed by atoms with Crippen molar-refractivity contribution in [1.29, 1.82) is 0 Å². The molecule has 0 saturated carbocycles. The molecule has 0 atom stereocenters. The number of hydrogen-bond donors (Lipinski definition) is 0. The van der Waals surface area contributed by atoms with Crippen LogP contribution in [0.2, 0.25) is 0 Å². The van der Waals surface area contributed by atoms with Crippen LogP contribution in [0.25, 0.3) is 71.3 Å². The van der Waals surface area contributed by atoms with Crippen LogP contribution in [-0.2, 0) is 0 Å². The van der Waals surface area contributed by atoms with E-state index in [0.29, 0.717) is 0 Å². The second-order valence-corrected chi connectivity index (χ2v) is 8.95. The van der Waals surface area contributed by atoms with Gasteiger partial charge in [0, 0.05) is 21.8 Å². The van der Waals surface area contributed by atoms with Crippen molar-refractivity contribution in [2.75, 3.05) is 0 Å². The van der Waals surface area contributed by atoms with Crippen LogP contribution in [0.5, 0.6) is 0 Å². The largest absolute Gasteiger partial charge is 0.309 e. The SMILES string of the molecule is c1ccc(-n2c3ccc4cccc5c4c3c3c(cc4ccccc4c32)-c2ccccc2-5)cc1. The van der Waals surface area contributed by atoms with Gasteiger partial charge in [0.05, 0.1) is 11.0 Å². The highest BCUT2D eigenvalue weighted by Crippen LogP contribution is 2.51. The first-order valence-electron chi connectivity index (χ1n) is 11.5. The first kappa shape index (κ1) is 17.2. The average molecular weight is 418 g/mol. The summed E-state index contributed by atoms with van der Waals surface area (Å²) in [7, 11) is 0. The van der Waals surface area contributed by atoms with Gasteiger partial charge in [-0.2, -0.15) is 0 Å². The van der Waals surface area contributed by atoms with Crippen LogP contribution in [0.3, 0.4) is 0 Å². The van der Waals surface area contributed by atoms with E-state index < -0.39 is 0 Å². The summed E-state index contributed by atoms with van der Waals surface area (Å²) in [5.74, 6) is 0. The van der Waals surface area contributed by atoms with Gasteiger partial charge in [0.2, 0.25) is 0 Å². The number of rotatable bonds is 1. The van der Waals surface area contributed by atoms with Crippen molar-refractivity contribution in [3.8, 4) is 27.9 Å². The molecule has 0 saturated heterocycles. The van der Waals surface area contributed by atoms with Crippen LogP contribution >= 0.6 is 0 Å². The van der Waals surface area contributed by atoms with Crippen LogP contribution in [-0.4, -0.2) is 4.57 Å². The van der Waals surface area contributed by atoms with E-state index in [1.807, 2.05) is 0 Å². The molecule has 1 aliphatic rings. The molecule has 1 aromatic heterocycles. The Morgan fingerprint density at radius 3 is 2.00 bits per heavy atom. The lowest BCUT2D eigenvalue weighted by Crippen LogP contribution is -1.95. The van der Waals surface area contributed by atoms with E-state index in [2.05, 4.69) is 120 Å². The fourth-order valence-corrected chi connectivity index (χ4v) is 5.98. The highest BCUT2D eigenvalue weighted by atomic mass is 15.0. The predicted molar refractivity (Wildman–Crippen MR) is 140 cm³/mol. The molecule has 0 aliphatic heterocycles. The minimum atomic E-state index is 1.20. The molecule has 0 N–H and O–H groups in total. The predicted octanol–water partition coefficient (Wildman–Crippen LogP) is 8.74. The van der Waals surface area contributed by atoms with E-state index in [1.54, 1.807) is 0 Å². The molecule has 8 rings (SSSR count).